The van der Waals surface area contributed by atoms with E-state index in [-0.39, 0.29) is 0 Å². The first-order valence-corrected chi connectivity index (χ1v) is 8.10. The van der Waals surface area contributed by atoms with Gasteiger partial charge in [-0.05, 0) is 29.9 Å². The number of hydrogen-bond donors (Lipinski definition) is 1. The van der Waals surface area contributed by atoms with Crippen LogP contribution in [-0.4, -0.2) is 32.1 Å². The van der Waals surface area contributed by atoms with E-state index in [1.165, 1.54) is 4.88 Å². The number of hydrogen-bond acceptors (Lipinski definition) is 4. The Morgan fingerprint density at radius 2 is 2.43 bits per heavy atom. The summed E-state index contributed by atoms with van der Waals surface area (Å²) in [6, 6.07) is 1.42. The Hall–Kier alpha value is -1.66. The van der Waals surface area contributed by atoms with Gasteiger partial charge >= 0.3 is 5.97 Å². The molecule has 1 N–H and O–H groups in total. The van der Waals surface area contributed by atoms with Gasteiger partial charge in [0.15, 0.2) is 0 Å². The van der Waals surface area contributed by atoms with Gasteiger partial charge in [0.25, 0.3) is 0 Å². The molecular formula is C15H19N3O2S. The zero-order valence-electron chi connectivity index (χ0n) is 12.0. The highest BCUT2D eigenvalue weighted by molar-refractivity contribution is 7.10. The van der Waals surface area contributed by atoms with Crippen molar-refractivity contribution in [3.05, 3.63) is 40.1 Å². The van der Waals surface area contributed by atoms with E-state index in [9.17, 15) is 9.90 Å². The average molecular weight is 305 g/mol. The van der Waals surface area contributed by atoms with Gasteiger partial charge in [0.1, 0.15) is 6.04 Å². The largest absolute Gasteiger partial charge is 0.480 e. The maximum atomic E-state index is 11.7. The third-order valence-corrected chi connectivity index (χ3v) is 4.92. The van der Waals surface area contributed by atoms with Gasteiger partial charge in [-0.15, -0.1) is 11.3 Å². The smallest absolute Gasteiger partial charge is 0.325 e. The lowest BCUT2D eigenvalue weighted by molar-refractivity contribution is -0.144. The van der Waals surface area contributed by atoms with E-state index in [0.717, 1.165) is 37.2 Å². The summed E-state index contributed by atoms with van der Waals surface area (Å²) in [5, 5.41) is 11.6. The van der Waals surface area contributed by atoms with Crippen molar-refractivity contribution in [2.45, 2.75) is 38.9 Å². The minimum absolute atomic E-state index is 0.537. The second-order valence-corrected chi connectivity index (χ2v) is 6.34. The molecule has 0 saturated heterocycles. The molecule has 2 aromatic rings. The lowest BCUT2D eigenvalue weighted by Crippen LogP contribution is -2.39. The Morgan fingerprint density at radius 3 is 3.19 bits per heavy atom. The number of rotatable bonds is 5. The second-order valence-electron chi connectivity index (χ2n) is 5.34. The van der Waals surface area contributed by atoms with Gasteiger partial charge in [0, 0.05) is 30.7 Å². The van der Waals surface area contributed by atoms with Gasteiger partial charge in [0.05, 0.1) is 12.0 Å². The van der Waals surface area contributed by atoms with Crippen molar-refractivity contribution in [3.8, 4) is 0 Å². The molecule has 0 amide bonds. The third kappa shape index (κ3) is 2.73. The SMILES string of the molecule is CCCn1cncc1CN1CCc2sccc2C1C(=O)O. The van der Waals surface area contributed by atoms with Crippen LogP contribution in [0.25, 0.3) is 0 Å². The highest BCUT2D eigenvalue weighted by Gasteiger charge is 2.34. The Labute approximate surface area is 127 Å². The lowest BCUT2D eigenvalue weighted by Gasteiger charge is -2.33. The molecule has 112 valence electrons. The van der Waals surface area contributed by atoms with Crippen molar-refractivity contribution >= 4 is 17.3 Å². The molecule has 0 aliphatic carbocycles. The number of aliphatic carboxylic acids is 1. The number of imidazole rings is 1. The summed E-state index contributed by atoms with van der Waals surface area (Å²) in [6.45, 7) is 4.46. The van der Waals surface area contributed by atoms with Crippen LogP contribution in [-0.2, 0) is 24.3 Å². The van der Waals surface area contributed by atoms with Crippen LogP contribution >= 0.6 is 11.3 Å². The van der Waals surface area contributed by atoms with Crippen LogP contribution < -0.4 is 0 Å². The first kappa shape index (κ1) is 14.3. The molecule has 0 fully saturated rings. The highest BCUT2D eigenvalue weighted by Crippen LogP contribution is 2.34. The van der Waals surface area contributed by atoms with Crippen LogP contribution in [0.5, 0.6) is 0 Å². The number of fused-ring (bicyclic) bond motifs is 1. The fourth-order valence-electron chi connectivity index (χ4n) is 2.96. The van der Waals surface area contributed by atoms with Crippen molar-refractivity contribution in [2.24, 2.45) is 0 Å². The Bertz CT molecular complexity index is 634. The number of nitrogens with zero attached hydrogens (tertiary/aromatic N) is 3. The van der Waals surface area contributed by atoms with Crippen LogP contribution in [0.4, 0.5) is 0 Å². The fraction of sp³-hybridized carbons (Fsp3) is 0.467. The van der Waals surface area contributed by atoms with Crippen molar-refractivity contribution in [3.63, 3.8) is 0 Å². The van der Waals surface area contributed by atoms with Crippen molar-refractivity contribution in [2.75, 3.05) is 6.54 Å². The first-order valence-electron chi connectivity index (χ1n) is 7.22. The standard InChI is InChI=1S/C15H19N3O2S/c1-2-5-18-10-16-8-11(18)9-17-6-3-13-12(4-7-21-13)14(17)15(19)20/h4,7-8,10,14H,2-3,5-6,9H2,1H3,(H,19,20). The number of aromatic nitrogens is 2. The summed E-state index contributed by atoms with van der Waals surface area (Å²) < 4.78 is 2.11. The monoisotopic (exact) mass is 305 g/mol. The fourth-order valence-corrected chi connectivity index (χ4v) is 3.86. The minimum Gasteiger partial charge on any atom is -0.480 e. The summed E-state index contributed by atoms with van der Waals surface area (Å²) in [6.07, 6.45) is 5.64. The highest BCUT2D eigenvalue weighted by atomic mass is 32.1. The van der Waals surface area contributed by atoms with Gasteiger partial charge in [-0.2, -0.15) is 0 Å². The summed E-state index contributed by atoms with van der Waals surface area (Å²) in [5.41, 5.74) is 2.04. The maximum absolute atomic E-state index is 11.7. The lowest BCUT2D eigenvalue weighted by atomic mass is 10.00. The van der Waals surface area contributed by atoms with Crippen molar-refractivity contribution < 1.29 is 9.90 Å². The zero-order chi connectivity index (χ0) is 14.8. The van der Waals surface area contributed by atoms with Gasteiger partial charge in [-0.25, -0.2) is 4.98 Å². The van der Waals surface area contributed by atoms with E-state index in [2.05, 4.69) is 16.5 Å². The summed E-state index contributed by atoms with van der Waals surface area (Å²) in [5.74, 6) is -0.768. The van der Waals surface area contributed by atoms with Crippen LogP contribution in [0.3, 0.4) is 0 Å². The number of carboxylic acid groups (broad SMARTS) is 1. The van der Waals surface area contributed by atoms with Crippen LogP contribution in [0.2, 0.25) is 0 Å². The molecule has 21 heavy (non-hydrogen) atoms. The molecule has 0 radical (unpaired) electrons. The molecule has 1 aliphatic rings. The molecule has 6 heteroatoms. The predicted molar refractivity (Wildman–Crippen MR) is 81.3 cm³/mol. The summed E-state index contributed by atoms with van der Waals surface area (Å²) in [7, 11) is 0. The van der Waals surface area contributed by atoms with E-state index in [1.807, 2.05) is 28.9 Å². The van der Waals surface area contributed by atoms with E-state index < -0.39 is 12.0 Å². The molecule has 3 heterocycles. The molecule has 5 nitrogen and oxygen atoms in total. The third-order valence-electron chi connectivity index (χ3n) is 3.93. The van der Waals surface area contributed by atoms with Crippen LogP contribution in [0.15, 0.2) is 24.0 Å². The van der Waals surface area contributed by atoms with Gasteiger partial charge in [-0.1, -0.05) is 6.92 Å². The molecule has 1 aliphatic heterocycles. The number of carbonyl (C=O) groups is 1. The first-order chi connectivity index (χ1) is 10.2. The molecule has 0 saturated carbocycles. The van der Waals surface area contributed by atoms with Crippen molar-refractivity contribution in [1.82, 2.24) is 14.5 Å². The zero-order valence-corrected chi connectivity index (χ0v) is 12.8. The molecule has 3 rings (SSSR count). The average Bonchev–Trinajstić information content (AvgIpc) is 3.08. The number of aryl methyl sites for hydroxylation is 1. The number of thiophene rings is 1. The van der Waals surface area contributed by atoms with Gasteiger partial charge < -0.3 is 9.67 Å². The van der Waals surface area contributed by atoms with Crippen LogP contribution in [0, 0.1) is 0 Å². The predicted octanol–water partition coefficient (Wildman–Crippen LogP) is 2.54. The Kier molecular flexibility index (Phi) is 4.07. The molecule has 0 bridgehead atoms. The number of carboxylic acids is 1. The quantitative estimate of drug-likeness (QED) is 0.922. The Balaban J connectivity index is 1.85. The topological polar surface area (TPSA) is 58.4 Å². The molecule has 0 spiro atoms. The maximum Gasteiger partial charge on any atom is 0.325 e. The van der Waals surface area contributed by atoms with Gasteiger partial charge in [0.2, 0.25) is 0 Å². The summed E-state index contributed by atoms with van der Waals surface area (Å²) >= 11 is 1.66. The van der Waals surface area contributed by atoms with E-state index in [4.69, 9.17) is 0 Å². The molecule has 1 atom stereocenters. The van der Waals surface area contributed by atoms with Gasteiger partial charge in [-0.3, -0.25) is 9.69 Å². The van der Waals surface area contributed by atoms with E-state index >= 15 is 0 Å². The Morgan fingerprint density at radius 1 is 1.57 bits per heavy atom. The van der Waals surface area contributed by atoms with Crippen molar-refractivity contribution in [1.29, 1.82) is 0 Å². The molecule has 1 unspecified atom stereocenters. The molecule has 2 aromatic heterocycles. The summed E-state index contributed by atoms with van der Waals surface area (Å²) in [4.78, 5) is 19.2. The minimum atomic E-state index is -0.768. The molecular weight excluding hydrogens is 286 g/mol. The second kappa shape index (κ2) is 5.99. The molecule has 0 aromatic carbocycles. The van der Waals surface area contributed by atoms with E-state index in [0.29, 0.717) is 6.54 Å². The van der Waals surface area contributed by atoms with Crippen LogP contribution in [0.1, 0.15) is 35.5 Å². The normalized spacial score (nSPS) is 18.6. The van der Waals surface area contributed by atoms with E-state index in [1.54, 1.807) is 11.3 Å².